The van der Waals surface area contributed by atoms with Crippen LogP contribution in [0, 0.1) is 5.82 Å². The van der Waals surface area contributed by atoms with Gasteiger partial charge in [-0.2, -0.15) is 0 Å². The summed E-state index contributed by atoms with van der Waals surface area (Å²) in [5.74, 6) is -0.614. The highest BCUT2D eigenvalue weighted by atomic mass is 32.2. The lowest BCUT2D eigenvalue weighted by Gasteiger charge is -2.17. The van der Waals surface area contributed by atoms with E-state index in [4.69, 9.17) is 0 Å². The third-order valence-electron chi connectivity index (χ3n) is 3.99. The SMILES string of the molecule is CCN1CCCn2cc(S(=O)(=O)Nc3ccc(F)cc3)cc2C1=O. The molecule has 8 heteroatoms. The van der Waals surface area contributed by atoms with Crippen molar-refractivity contribution in [2.75, 3.05) is 17.8 Å². The van der Waals surface area contributed by atoms with Gasteiger partial charge in [-0.1, -0.05) is 0 Å². The maximum Gasteiger partial charge on any atom is 0.270 e. The number of rotatable bonds is 4. The van der Waals surface area contributed by atoms with Crippen LogP contribution in [0.1, 0.15) is 23.8 Å². The number of hydrogen-bond acceptors (Lipinski definition) is 3. The molecule has 0 atom stereocenters. The fraction of sp³-hybridized carbons (Fsp3) is 0.312. The van der Waals surface area contributed by atoms with Gasteiger partial charge in [-0.3, -0.25) is 9.52 Å². The fourth-order valence-corrected chi connectivity index (χ4v) is 3.82. The molecule has 0 spiro atoms. The predicted molar refractivity (Wildman–Crippen MR) is 87.8 cm³/mol. The number of aromatic nitrogens is 1. The average molecular weight is 351 g/mol. The number of carbonyl (C=O) groups is 1. The van der Waals surface area contributed by atoms with E-state index in [1.165, 1.54) is 36.5 Å². The lowest BCUT2D eigenvalue weighted by molar-refractivity contribution is 0.0766. The Labute approximate surface area is 139 Å². The van der Waals surface area contributed by atoms with Crippen molar-refractivity contribution in [2.45, 2.75) is 24.8 Å². The minimum absolute atomic E-state index is 0.0214. The van der Waals surface area contributed by atoms with E-state index in [0.717, 1.165) is 6.42 Å². The van der Waals surface area contributed by atoms with Crippen LogP contribution in [0.5, 0.6) is 0 Å². The summed E-state index contributed by atoms with van der Waals surface area (Å²) in [5.41, 5.74) is 0.633. The van der Waals surface area contributed by atoms with Gasteiger partial charge in [0.25, 0.3) is 15.9 Å². The van der Waals surface area contributed by atoms with Crippen molar-refractivity contribution in [1.29, 1.82) is 0 Å². The molecule has 1 N–H and O–H groups in total. The highest BCUT2D eigenvalue weighted by molar-refractivity contribution is 7.92. The molecule has 1 aliphatic rings. The Balaban J connectivity index is 1.91. The first kappa shape index (κ1) is 16.5. The van der Waals surface area contributed by atoms with E-state index >= 15 is 0 Å². The number of hydrogen-bond donors (Lipinski definition) is 1. The first-order chi connectivity index (χ1) is 11.4. The van der Waals surface area contributed by atoms with Crippen LogP contribution in [0.25, 0.3) is 0 Å². The number of nitrogens with zero attached hydrogens (tertiary/aromatic N) is 2. The maximum atomic E-state index is 12.9. The number of anilines is 1. The Morgan fingerprint density at radius 1 is 1.21 bits per heavy atom. The second-order valence-electron chi connectivity index (χ2n) is 5.61. The summed E-state index contributed by atoms with van der Waals surface area (Å²) in [6.45, 7) is 3.72. The van der Waals surface area contributed by atoms with Crippen LogP contribution in [0.3, 0.4) is 0 Å². The van der Waals surface area contributed by atoms with Crippen molar-refractivity contribution in [1.82, 2.24) is 9.47 Å². The molecule has 0 bridgehead atoms. The Morgan fingerprint density at radius 3 is 2.58 bits per heavy atom. The third kappa shape index (κ3) is 3.14. The zero-order valence-corrected chi connectivity index (χ0v) is 14.0. The average Bonchev–Trinajstić information content (AvgIpc) is 2.92. The first-order valence-electron chi connectivity index (χ1n) is 7.68. The number of halogens is 1. The van der Waals surface area contributed by atoms with Gasteiger partial charge in [0.1, 0.15) is 16.4 Å². The van der Waals surface area contributed by atoms with Gasteiger partial charge >= 0.3 is 0 Å². The van der Waals surface area contributed by atoms with Gasteiger partial charge in [0.2, 0.25) is 0 Å². The normalized spacial score (nSPS) is 15.1. The van der Waals surface area contributed by atoms with Crippen molar-refractivity contribution in [2.24, 2.45) is 0 Å². The monoisotopic (exact) mass is 351 g/mol. The number of aryl methyl sites for hydroxylation is 1. The summed E-state index contributed by atoms with van der Waals surface area (Å²) in [4.78, 5) is 14.2. The standard InChI is InChI=1S/C16H18FN3O3S/c1-2-19-8-3-9-20-11-14(10-15(20)16(19)21)24(22,23)18-13-6-4-12(17)5-7-13/h4-7,10-11,18H,2-3,8-9H2,1H3. The van der Waals surface area contributed by atoms with Gasteiger partial charge in [-0.25, -0.2) is 12.8 Å². The minimum Gasteiger partial charge on any atom is -0.342 e. The number of fused-ring (bicyclic) bond motifs is 1. The van der Waals surface area contributed by atoms with Gasteiger partial charge < -0.3 is 9.47 Å². The van der Waals surface area contributed by atoms with E-state index < -0.39 is 15.8 Å². The van der Waals surface area contributed by atoms with E-state index in [2.05, 4.69) is 4.72 Å². The molecule has 0 saturated carbocycles. The van der Waals surface area contributed by atoms with Gasteiger partial charge in [0, 0.05) is 31.5 Å². The van der Waals surface area contributed by atoms with Gasteiger partial charge in [0.05, 0.1) is 0 Å². The quantitative estimate of drug-likeness (QED) is 0.919. The second-order valence-corrected chi connectivity index (χ2v) is 7.29. The molecule has 2 aromatic rings. The fourth-order valence-electron chi connectivity index (χ4n) is 2.72. The van der Waals surface area contributed by atoms with E-state index in [0.29, 0.717) is 25.3 Å². The molecule has 0 fully saturated rings. The Hall–Kier alpha value is -2.35. The number of sulfonamides is 1. The molecule has 1 aromatic carbocycles. The van der Waals surface area contributed by atoms with Crippen LogP contribution in [0.2, 0.25) is 0 Å². The van der Waals surface area contributed by atoms with E-state index in [1.54, 1.807) is 9.47 Å². The zero-order valence-electron chi connectivity index (χ0n) is 13.2. The summed E-state index contributed by atoms with van der Waals surface area (Å²) in [6, 6.07) is 6.43. The van der Waals surface area contributed by atoms with Crippen molar-refractivity contribution in [3.63, 3.8) is 0 Å². The molecular formula is C16H18FN3O3S. The lowest BCUT2D eigenvalue weighted by Crippen LogP contribution is -2.30. The summed E-state index contributed by atoms with van der Waals surface area (Å²) < 4.78 is 42.0. The summed E-state index contributed by atoms with van der Waals surface area (Å²) >= 11 is 0. The number of nitrogens with one attached hydrogen (secondary N) is 1. The molecule has 0 aliphatic carbocycles. The van der Waals surface area contributed by atoms with Crippen LogP contribution in [-0.2, 0) is 16.6 Å². The van der Waals surface area contributed by atoms with Crippen LogP contribution in [0.15, 0.2) is 41.4 Å². The molecule has 6 nitrogen and oxygen atoms in total. The molecule has 1 amide bonds. The van der Waals surface area contributed by atoms with E-state index in [-0.39, 0.29) is 16.5 Å². The molecular weight excluding hydrogens is 333 g/mol. The van der Waals surface area contributed by atoms with Crippen molar-refractivity contribution >= 4 is 21.6 Å². The van der Waals surface area contributed by atoms with Gasteiger partial charge in [-0.15, -0.1) is 0 Å². The summed E-state index contributed by atoms with van der Waals surface area (Å²) in [6.07, 6.45) is 2.24. The third-order valence-corrected chi connectivity index (χ3v) is 5.34. The topological polar surface area (TPSA) is 71.4 Å². The van der Waals surface area contributed by atoms with Crippen LogP contribution < -0.4 is 4.72 Å². The Morgan fingerprint density at radius 2 is 1.92 bits per heavy atom. The Bertz CT molecular complexity index is 859. The molecule has 2 heterocycles. The lowest BCUT2D eigenvalue weighted by atomic mass is 10.3. The maximum absolute atomic E-state index is 12.9. The Kier molecular flexibility index (Phi) is 4.31. The molecule has 0 radical (unpaired) electrons. The number of benzene rings is 1. The second kappa shape index (κ2) is 6.27. The number of carbonyl (C=O) groups excluding carboxylic acids is 1. The molecule has 0 saturated heterocycles. The van der Waals surface area contributed by atoms with E-state index in [1.807, 2.05) is 6.92 Å². The smallest absolute Gasteiger partial charge is 0.270 e. The predicted octanol–water partition coefficient (Wildman–Crippen LogP) is 2.29. The minimum atomic E-state index is -3.84. The summed E-state index contributed by atoms with van der Waals surface area (Å²) in [5, 5.41) is 0. The highest BCUT2D eigenvalue weighted by Crippen LogP contribution is 2.22. The number of amides is 1. The van der Waals surface area contributed by atoms with E-state index in [9.17, 15) is 17.6 Å². The van der Waals surface area contributed by atoms with Gasteiger partial charge in [-0.05, 0) is 43.7 Å². The molecule has 128 valence electrons. The summed E-state index contributed by atoms with van der Waals surface area (Å²) in [7, 11) is -3.84. The zero-order chi connectivity index (χ0) is 17.3. The molecule has 3 rings (SSSR count). The highest BCUT2D eigenvalue weighted by Gasteiger charge is 2.26. The molecule has 1 aliphatic heterocycles. The first-order valence-corrected chi connectivity index (χ1v) is 9.17. The van der Waals surface area contributed by atoms with Crippen molar-refractivity contribution in [3.05, 3.63) is 48.0 Å². The molecule has 1 aromatic heterocycles. The van der Waals surface area contributed by atoms with Crippen LogP contribution in [-0.4, -0.2) is 36.9 Å². The van der Waals surface area contributed by atoms with Crippen molar-refractivity contribution in [3.8, 4) is 0 Å². The van der Waals surface area contributed by atoms with Crippen LogP contribution >= 0.6 is 0 Å². The molecule has 24 heavy (non-hydrogen) atoms. The van der Waals surface area contributed by atoms with Gasteiger partial charge in [0.15, 0.2) is 0 Å². The molecule has 0 unspecified atom stereocenters. The van der Waals surface area contributed by atoms with Crippen molar-refractivity contribution < 1.29 is 17.6 Å². The largest absolute Gasteiger partial charge is 0.342 e. The van der Waals surface area contributed by atoms with Crippen LogP contribution in [0.4, 0.5) is 10.1 Å².